The molecule has 0 fully saturated rings. The molecule has 0 aliphatic carbocycles. The summed E-state index contributed by atoms with van der Waals surface area (Å²) < 4.78 is 41.6. The van der Waals surface area contributed by atoms with Gasteiger partial charge in [-0.05, 0) is 15.9 Å². The van der Waals surface area contributed by atoms with Crippen molar-refractivity contribution in [2.75, 3.05) is 7.11 Å². The maximum absolute atomic E-state index is 12.9. The van der Waals surface area contributed by atoms with Crippen molar-refractivity contribution in [3.63, 3.8) is 0 Å². The summed E-state index contributed by atoms with van der Waals surface area (Å²) in [6, 6.07) is 0.664. The zero-order valence-corrected chi connectivity index (χ0v) is 8.11. The molecular formula is C7H5BrF3NO. The first-order chi connectivity index (χ1) is 6.06. The molecular weight excluding hydrogens is 251 g/mol. The topological polar surface area (TPSA) is 22.1 Å². The van der Waals surface area contributed by atoms with E-state index in [9.17, 15) is 13.2 Å². The summed E-state index contributed by atoms with van der Waals surface area (Å²) in [7, 11) is 1.22. The number of aromatic nitrogens is 1. The molecule has 0 spiro atoms. The predicted molar refractivity (Wildman–Crippen MR) is 43.4 cm³/mol. The Balaban J connectivity index is 3.22. The van der Waals surface area contributed by atoms with Gasteiger partial charge in [0.2, 0.25) is 5.88 Å². The molecule has 0 saturated carbocycles. The number of methoxy groups -OCH3 is 1. The molecule has 6 heteroatoms. The van der Waals surface area contributed by atoms with Crippen LogP contribution in [0.5, 0.6) is 5.88 Å². The zero-order valence-electron chi connectivity index (χ0n) is 6.52. The van der Waals surface area contributed by atoms with Gasteiger partial charge < -0.3 is 4.74 Å². The van der Waals surface area contributed by atoms with E-state index in [0.717, 1.165) is 0 Å². The fourth-order valence-electron chi connectivity index (χ4n) is 0.741. The van der Waals surface area contributed by atoms with Gasteiger partial charge in [0.05, 0.1) is 7.11 Å². The Kier molecular flexibility index (Phi) is 3.13. The number of hydrogen-bond donors (Lipinski definition) is 0. The molecule has 0 aromatic carbocycles. The second-order valence-electron chi connectivity index (χ2n) is 2.15. The van der Waals surface area contributed by atoms with E-state index in [-0.39, 0.29) is 10.4 Å². The molecule has 1 aromatic heterocycles. The van der Waals surface area contributed by atoms with Crippen molar-refractivity contribution in [2.45, 2.75) is 6.43 Å². The van der Waals surface area contributed by atoms with E-state index in [1.165, 1.54) is 7.11 Å². The van der Waals surface area contributed by atoms with Crippen LogP contribution in [0.15, 0.2) is 10.5 Å². The highest BCUT2D eigenvalue weighted by Crippen LogP contribution is 2.29. The first kappa shape index (κ1) is 10.3. The van der Waals surface area contributed by atoms with Gasteiger partial charge in [-0.2, -0.15) is 0 Å². The Morgan fingerprint density at radius 3 is 2.62 bits per heavy atom. The lowest BCUT2D eigenvalue weighted by molar-refractivity contribution is 0.144. The molecule has 0 atom stereocenters. The van der Waals surface area contributed by atoms with Crippen molar-refractivity contribution in [3.05, 3.63) is 22.1 Å². The summed E-state index contributed by atoms with van der Waals surface area (Å²) in [6.45, 7) is 0. The molecule has 0 radical (unpaired) electrons. The minimum Gasteiger partial charge on any atom is -0.480 e. The number of ether oxygens (including phenoxy) is 1. The van der Waals surface area contributed by atoms with E-state index in [2.05, 4.69) is 25.7 Å². The maximum Gasteiger partial charge on any atom is 0.280 e. The van der Waals surface area contributed by atoms with Crippen LogP contribution in [0.25, 0.3) is 0 Å². The molecule has 1 heterocycles. The molecule has 0 N–H and O–H groups in total. The second-order valence-corrected chi connectivity index (χ2v) is 2.95. The largest absolute Gasteiger partial charge is 0.480 e. The molecule has 2 nitrogen and oxygen atoms in total. The number of halogens is 4. The van der Waals surface area contributed by atoms with E-state index in [1.807, 2.05) is 0 Å². The first-order valence-electron chi connectivity index (χ1n) is 3.24. The van der Waals surface area contributed by atoms with Gasteiger partial charge in [0.1, 0.15) is 16.0 Å². The molecule has 0 aliphatic rings. The third-order valence-corrected chi connectivity index (χ3v) is 2.04. The van der Waals surface area contributed by atoms with Crippen LogP contribution < -0.4 is 4.74 Å². The van der Waals surface area contributed by atoms with E-state index >= 15 is 0 Å². The van der Waals surface area contributed by atoms with Gasteiger partial charge in [0, 0.05) is 6.07 Å². The SMILES string of the molecule is COc1nc(C(F)F)cc(F)c1Br. The highest BCUT2D eigenvalue weighted by molar-refractivity contribution is 9.10. The fourth-order valence-corrected chi connectivity index (χ4v) is 1.11. The number of alkyl halides is 2. The van der Waals surface area contributed by atoms with Gasteiger partial charge in [-0.25, -0.2) is 18.2 Å². The molecule has 0 saturated heterocycles. The Bertz CT molecular complexity index is 319. The van der Waals surface area contributed by atoms with Gasteiger partial charge >= 0.3 is 0 Å². The lowest BCUT2D eigenvalue weighted by atomic mass is 10.3. The van der Waals surface area contributed by atoms with Crippen LogP contribution in [-0.2, 0) is 0 Å². The van der Waals surface area contributed by atoms with E-state index < -0.39 is 17.9 Å². The predicted octanol–water partition coefficient (Wildman–Crippen LogP) is 2.93. The number of hydrogen-bond acceptors (Lipinski definition) is 2. The first-order valence-corrected chi connectivity index (χ1v) is 4.03. The average Bonchev–Trinajstić information content (AvgIpc) is 2.09. The smallest absolute Gasteiger partial charge is 0.280 e. The van der Waals surface area contributed by atoms with Crippen LogP contribution >= 0.6 is 15.9 Å². The van der Waals surface area contributed by atoms with Gasteiger partial charge in [0.25, 0.3) is 6.43 Å². The van der Waals surface area contributed by atoms with E-state index in [1.54, 1.807) is 0 Å². The summed E-state index contributed by atoms with van der Waals surface area (Å²) in [6.07, 6.45) is -2.81. The van der Waals surface area contributed by atoms with Crippen LogP contribution in [0.3, 0.4) is 0 Å². The second kappa shape index (κ2) is 3.95. The normalized spacial score (nSPS) is 10.6. The summed E-state index contributed by atoms with van der Waals surface area (Å²) in [5.74, 6) is -1.00. The van der Waals surface area contributed by atoms with Crippen molar-refractivity contribution in [1.29, 1.82) is 0 Å². The molecule has 0 unspecified atom stereocenters. The quantitative estimate of drug-likeness (QED) is 0.811. The highest BCUT2D eigenvalue weighted by atomic mass is 79.9. The lowest BCUT2D eigenvalue weighted by Gasteiger charge is -2.05. The van der Waals surface area contributed by atoms with Crippen molar-refractivity contribution >= 4 is 15.9 Å². The Labute approximate surface area is 80.9 Å². The summed E-state index contributed by atoms with van der Waals surface area (Å²) >= 11 is 2.82. The van der Waals surface area contributed by atoms with Gasteiger partial charge in [-0.3, -0.25) is 0 Å². The monoisotopic (exact) mass is 255 g/mol. The van der Waals surface area contributed by atoms with Gasteiger partial charge in [0.15, 0.2) is 0 Å². The fraction of sp³-hybridized carbons (Fsp3) is 0.286. The van der Waals surface area contributed by atoms with E-state index in [0.29, 0.717) is 6.07 Å². The third-order valence-electron chi connectivity index (χ3n) is 1.32. The van der Waals surface area contributed by atoms with Crippen molar-refractivity contribution in [1.82, 2.24) is 4.98 Å². The van der Waals surface area contributed by atoms with Crippen LogP contribution in [0.1, 0.15) is 12.1 Å². The zero-order chi connectivity index (χ0) is 10.0. The Hall–Kier alpha value is -0.780. The van der Waals surface area contributed by atoms with Crippen LogP contribution in [-0.4, -0.2) is 12.1 Å². The van der Waals surface area contributed by atoms with Gasteiger partial charge in [-0.1, -0.05) is 0 Å². The van der Waals surface area contributed by atoms with Crippen molar-refractivity contribution < 1.29 is 17.9 Å². The van der Waals surface area contributed by atoms with Crippen LogP contribution in [0, 0.1) is 5.82 Å². The Morgan fingerprint density at radius 2 is 2.15 bits per heavy atom. The van der Waals surface area contributed by atoms with E-state index in [4.69, 9.17) is 0 Å². The summed E-state index contributed by atoms with van der Waals surface area (Å²) in [4.78, 5) is 3.39. The molecule has 1 aromatic rings. The minimum absolute atomic E-state index is 0.0561. The van der Waals surface area contributed by atoms with Crippen LogP contribution in [0.4, 0.5) is 13.2 Å². The molecule has 13 heavy (non-hydrogen) atoms. The molecule has 72 valence electrons. The Morgan fingerprint density at radius 1 is 1.54 bits per heavy atom. The minimum atomic E-state index is -2.81. The van der Waals surface area contributed by atoms with Gasteiger partial charge in [-0.15, -0.1) is 0 Å². The average molecular weight is 256 g/mol. The summed E-state index contributed by atoms with van der Waals surface area (Å²) in [5, 5.41) is 0. The molecule has 0 aliphatic heterocycles. The molecule has 0 amide bonds. The molecule has 0 bridgehead atoms. The standard InChI is InChI=1S/C7H5BrF3NO/c1-13-7-5(8)3(9)2-4(12-7)6(10)11/h2,6H,1H3. The maximum atomic E-state index is 12.9. The lowest BCUT2D eigenvalue weighted by Crippen LogP contribution is -1.97. The highest BCUT2D eigenvalue weighted by Gasteiger charge is 2.16. The summed E-state index contributed by atoms with van der Waals surface area (Å²) in [5.41, 5.74) is -0.641. The molecule has 1 rings (SSSR count). The third kappa shape index (κ3) is 2.12. The number of pyridine rings is 1. The van der Waals surface area contributed by atoms with Crippen LogP contribution in [0.2, 0.25) is 0 Å². The van der Waals surface area contributed by atoms with Crippen molar-refractivity contribution in [2.24, 2.45) is 0 Å². The van der Waals surface area contributed by atoms with Crippen molar-refractivity contribution in [3.8, 4) is 5.88 Å². The number of nitrogens with zero attached hydrogens (tertiary/aromatic N) is 1. The number of rotatable bonds is 2.